The van der Waals surface area contributed by atoms with E-state index in [1.807, 2.05) is 11.8 Å². The van der Waals surface area contributed by atoms with Crippen LogP contribution in [-0.2, 0) is 12.9 Å². The number of nitrogens with zero attached hydrogens (tertiary/aromatic N) is 2. The zero-order valence-electron chi connectivity index (χ0n) is 14.6. The highest BCUT2D eigenvalue weighted by Crippen LogP contribution is 2.37. The van der Waals surface area contributed by atoms with Gasteiger partial charge >= 0.3 is 0 Å². The van der Waals surface area contributed by atoms with E-state index in [-0.39, 0.29) is 16.4 Å². The van der Waals surface area contributed by atoms with E-state index in [0.29, 0.717) is 23.4 Å². The molecule has 0 aromatic heterocycles. The number of anilines is 1. The highest BCUT2D eigenvalue weighted by atomic mass is 32.2. The van der Waals surface area contributed by atoms with Crippen LogP contribution in [0.1, 0.15) is 25.0 Å². The summed E-state index contributed by atoms with van der Waals surface area (Å²) in [6.07, 6.45) is 0.648. The number of hydrogen-bond donors (Lipinski definition) is 0. The lowest BCUT2D eigenvalue weighted by molar-refractivity contribution is -0.388. The molecule has 0 fully saturated rings. The smallest absolute Gasteiger partial charge is 0.285 e. The molecule has 0 N–H and O–H groups in total. The second-order valence-electron chi connectivity index (χ2n) is 5.72. The maximum atomic E-state index is 13.4. The van der Waals surface area contributed by atoms with Crippen molar-refractivity contribution < 1.29 is 10.7 Å². The Morgan fingerprint density at radius 3 is 2.88 bits per heavy atom. The number of benzene rings is 2. The molecule has 1 aliphatic heterocycles. The predicted molar refractivity (Wildman–Crippen MR) is 95.4 cm³/mol. The molecule has 1 unspecified atom stereocenters. The molecule has 2 aromatic carbocycles. The minimum atomic E-state index is -0.648. The van der Waals surface area contributed by atoms with Gasteiger partial charge in [-0.25, -0.2) is 4.39 Å². The topological polar surface area (TPSA) is 46.4 Å². The van der Waals surface area contributed by atoms with Crippen molar-refractivity contribution in [1.29, 1.82) is 0 Å². The third kappa shape index (κ3) is 3.24. The second-order valence-corrected chi connectivity index (χ2v) is 7.02. The fourth-order valence-electron chi connectivity index (χ4n) is 2.99. The van der Waals surface area contributed by atoms with E-state index in [2.05, 4.69) is 0 Å². The highest BCUT2D eigenvalue weighted by molar-refractivity contribution is 7.99. The zero-order chi connectivity index (χ0) is 18.1. The molecule has 4 nitrogen and oxygen atoms in total. The van der Waals surface area contributed by atoms with Crippen LogP contribution in [0.4, 0.5) is 15.8 Å². The number of aryl methyl sites for hydroxylation is 1. The Morgan fingerprint density at radius 1 is 1.38 bits per heavy atom. The summed E-state index contributed by atoms with van der Waals surface area (Å²) < 4.78 is 22.0. The first-order chi connectivity index (χ1) is 11.9. The van der Waals surface area contributed by atoms with Gasteiger partial charge in [-0.1, -0.05) is 13.0 Å². The van der Waals surface area contributed by atoms with Gasteiger partial charge in [0.1, 0.15) is 5.82 Å². The van der Waals surface area contributed by atoms with E-state index in [1.54, 1.807) is 25.1 Å². The molecule has 1 aliphatic rings. The molecule has 0 bridgehead atoms. The highest BCUT2D eigenvalue weighted by Gasteiger charge is 2.23. The van der Waals surface area contributed by atoms with Crippen LogP contribution in [0.5, 0.6) is 0 Å². The van der Waals surface area contributed by atoms with Crippen molar-refractivity contribution in [3.8, 4) is 0 Å². The number of rotatable bonds is 4. The normalized spacial score (nSPS) is 17.4. The van der Waals surface area contributed by atoms with E-state index in [9.17, 15) is 14.5 Å². The molecule has 0 radical (unpaired) electrons. The number of halogens is 1. The average Bonchev–Trinajstić information content (AvgIpc) is 2.54. The van der Waals surface area contributed by atoms with Gasteiger partial charge in [0, 0.05) is 24.3 Å². The number of hydrogen-bond acceptors (Lipinski definition) is 4. The third-order valence-corrected chi connectivity index (χ3v) is 5.00. The van der Waals surface area contributed by atoms with Gasteiger partial charge in [0.2, 0.25) is 0 Å². The molecule has 0 spiro atoms. The lowest BCUT2D eigenvalue weighted by Crippen LogP contribution is -2.30. The first-order valence-corrected chi connectivity index (χ1v) is 8.80. The van der Waals surface area contributed by atoms with Gasteiger partial charge in [0.05, 0.1) is 11.2 Å². The van der Waals surface area contributed by atoms with E-state index in [4.69, 9.17) is 1.37 Å². The minimum absolute atomic E-state index is 0.136. The SMILES string of the molecule is [2H]C1c2ccc(F)cc2CCN1c1cc(C)c([N+](=O)[O-])c(SCC)c1. The Hall–Kier alpha value is -2.08. The number of thioether (sulfide) groups is 1. The summed E-state index contributed by atoms with van der Waals surface area (Å²) in [6.45, 7) is 3.62. The lowest BCUT2D eigenvalue weighted by atomic mass is 9.99. The molecule has 2 aromatic rings. The van der Waals surface area contributed by atoms with Crippen molar-refractivity contribution in [3.63, 3.8) is 0 Å². The summed E-state index contributed by atoms with van der Waals surface area (Å²) in [4.78, 5) is 13.6. The van der Waals surface area contributed by atoms with Crippen molar-refractivity contribution in [2.45, 2.75) is 31.7 Å². The van der Waals surface area contributed by atoms with Crippen molar-refractivity contribution in [2.75, 3.05) is 17.2 Å². The van der Waals surface area contributed by atoms with E-state index in [0.717, 1.165) is 22.6 Å². The molecule has 6 heteroatoms. The molecule has 1 atom stereocenters. The molecule has 1 heterocycles. The van der Waals surface area contributed by atoms with Gasteiger partial charge < -0.3 is 4.90 Å². The molecular formula is C18H19FN2O2S. The molecule has 24 heavy (non-hydrogen) atoms. The van der Waals surface area contributed by atoms with Crippen LogP contribution in [0, 0.1) is 22.9 Å². The summed E-state index contributed by atoms with van der Waals surface area (Å²) in [7, 11) is 0. The van der Waals surface area contributed by atoms with Gasteiger partial charge in [-0.15, -0.1) is 11.8 Å². The summed E-state index contributed by atoms with van der Waals surface area (Å²) in [5, 5.41) is 11.4. The van der Waals surface area contributed by atoms with Crippen LogP contribution >= 0.6 is 11.8 Å². The van der Waals surface area contributed by atoms with Gasteiger partial charge in [0.15, 0.2) is 0 Å². The molecule has 0 saturated heterocycles. The van der Waals surface area contributed by atoms with Gasteiger partial charge in [-0.2, -0.15) is 0 Å². The molecule has 0 amide bonds. The number of nitro groups is 1. The Kier molecular flexibility index (Phi) is 4.38. The number of nitro benzene ring substituents is 1. The second kappa shape index (κ2) is 6.81. The van der Waals surface area contributed by atoms with Crippen molar-refractivity contribution in [1.82, 2.24) is 0 Å². The van der Waals surface area contributed by atoms with Crippen LogP contribution in [0.15, 0.2) is 35.2 Å². The van der Waals surface area contributed by atoms with Crippen molar-refractivity contribution in [2.24, 2.45) is 0 Å². The predicted octanol–water partition coefficient (Wildman–Crippen LogP) is 4.72. The van der Waals surface area contributed by atoms with E-state index < -0.39 is 6.52 Å². The summed E-state index contributed by atoms with van der Waals surface area (Å²) in [6, 6.07) is 8.11. The van der Waals surface area contributed by atoms with E-state index >= 15 is 0 Å². The Morgan fingerprint density at radius 2 is 2.17 bits per heavy atom. The van der Waals surface area contributed by atoms with Crippen LogP contribution in [-0.4, -0.2) is 17.2 Å². The molecule has 126 valence electrons. The van der Waals surface area contributed by atoms with Gasteiger partial charge in [0.25, 0.3) is 5.69 Å². The van der Waals surface area contributed by atoms with E-state index in [1.165, 1.54) is 23.9 Å². The lowest BCUT2D eigenvalue weighted by Gasteiger charge is -2.31. The fourth-order valence-corrected chi connectivity index (χ4v) is 3.88. The zero-order valence-corrected chi connectivity index (χ0v) is 14.4. The van der Waals surface area contributed by atoms with Crippen LogP contribution in [0.3, 0.4) is 0 Å². The van der Waals surface area contributed by atoms with Gasteiger partial charge in [-0.3, -0.25) is 10.1 Å². The summed E-state index contributed by atoms with van der Waals surface area (Å²) in [5.74, 6) is 0.447. The third-order valence-electron chi connectivity index (χ3n) is 4.09. The van der Waals surface area contributed by atoms with Crippen LogP contribution < -0.4 is 4.90 Å². The van der Waals surface area contributed by atoms with Crippen molar-refractivity contribution in [3.05, 3.63) is 63.0 Å². The average molecular weight is 347 g/mol. The maximum Gasteiger partial charge on any atom is 0.285 e. The number of fused-ring (bicyclic) bond motifs is 1. The first kappa shape index (κ1) is 15.4. The minimum Gasteiger partial charge on any atom is -0.367 e. The van der Waals surface area contributed by atoms with Crippen LogP contribution in [0.25, 0.3) is 0 Å². The fraction of sp³-hybridized carbons (Fsp3) is 0.333. The largest absolute Gasteiger partial charge is 0.367 e. The molecule has 0 aliphatic carbocycles. The molecule has 0 saturated carbocycles. The maximum absolute atomic E-state index is 13.4. The summed E-state index contributed by atoms with van der Waals surface area (Å²) >= 11 is 1.43. The van der Waals surface area contributed by atoms with Crippen LogP contribution in [0.2, 0.25) is 0 Å². The standard InChI is InChI=1S/C18H19FN2O2S/c1-3-24-17-10-16(8-12(2)18(17)21(22)23)20-7-6-13-9-15(19)5-4-14(13)11-20/h4-5,8-10H,3,6-7,11H2,1-2H3/i11D. The molecule has 3 rings (SSSR count). The Balaban J connectivity index is 2.02. The van der Waals surface area contributed by atoms with Crippen molar-refractivity contribution >= 4 is 23.1 Å². The monoisotopic (exact) mass is 347 g/mol. The Labute approximate surface area is 146 Å². The Bertz CT molecular complexity index is 831. The molecular weight excluding hydrogens is 327 g/mol. The summed E-state index contributed by atoms with van der Waals surface area (Å²) in [5.41, 5.74) is 3.17. The first-order valence-electron chi connectivity index (χ1n) is 8.39. The van der Waals surface area contributed by atoms with Gasteiger partial charge in [-0.05, 0) is 54.5 Å². The quantitative estimate of drug-likeness (QED) is 0.456.